The number of imidazole rings is 1. The number of nitrogens with one attached hydrogen (secondary N) is 1. The lowest BCUT2D eigenvalue weighted by atomic mass is 9.84. The summed E-state index contributed by atoms with van der Waals surface area (Å²) in [5.41, 5.74) is -0.142. The van der Waals surface area contributed by atoms with Gasteiger partial charge in [-0.05, 0) is 13.0 Å². The van der Waals surface area contributed by atoms with Crippen LogP contribution in [0.4, 0.5) is 0 Å². The Bertz CT molecular complexity index is 413. The van der Waals surface area contributed by atoms with Crippen molar-refractivity contribution in [2.75, 3.05) is 26.9 Å². The Kier molecular flexibility index (Phi) is 6.21. The summed E-state index contributed by atoms with van der Waals surface area (Å²) >= 11 is 0. The van der Waals surface area contributed by atoms with Gasteiger partial charge in [-0.2, -0.15) is 0 Å². The molecule has 0 spiro atoms. The minimum Gasteiger partial charge on any atom is -0.381 e. The molecule has 0 bridgehead atoms. The summed E-state index contributed by atoms with van der Waals surface area (Å²) in [7, 11) is 1.83. The Hall–Kier alpha value is -0.910. The number of rotatable bonds is 8. The van der Waals surface area contributed by atoms with E-state index in [4.69, 9.17) is 9.47 Å². The van der Waals surface area contributed by atoms with E-state index >= 15 is 0 Å². The highest BCUT2D eigenvalue weighted by atomic mass is 16.5. The molecule has 5 heteroatoms. The van der Waals surface area contributed by atoms with Crippen molar-refractivity contribution in [3.8, 4) is 0 Å². The average molecular weight is 295 g/mol. The molecular formula is C16H29N3O2. The third-order valence-electron chi connectivity index (χ3n) is 4.48. The lowest BCUT2D eigenvalue weighted by Gasteiger charge is -2.42. The highest BCUT2D eigenvalue weighted by molar-refractivity contribution is 5.03. The first-order chi connectivity index (χ1) is 10.3. The SMILES string of the molecule is CCCn1ccnc1CC(NCC)C1(OC)CCOCC1. The molecule has 1 N–H and O–H groups in total. The first kappa shape index (κ1) is 16.5. The lowest BCUT2D eigenvalue weighted by Crippen LogP contribution is -2.56. The molecule has 0 radical (unpaired) electrons. The number of likely N-dealkylation sites (N-methyl/N-ethyl adjacent to an activating group) is 1. The van der Waals surface area contributed by atoms with Gasteiger partial charge in [0.25, 0.3) is 0 Å². The molecule has 5 nitrogen and oxygen atoms in total. The number of aryl methyl sites for hydroxylation is 1. The van der Waals surface area contributed by atoms with Crippen molar-refractivity contribution in [1.29, 1.82) is 0 Å². The molecule has 1 aliphatic heterocycles. The van der Waals surface area contributed by atoms with Gasteiger partial charge in [0.05, 0.1) is 5.60 Å². The van der Waals surface area contributed by atoms with Crippen LogP contribution in [0.15, 0.2) is 12.4 Å². The van der Waals surface area contributed by atoms with Crippen molar-refractivity contribution in [3.63, 3.8) is 0 Å². The molecule has 1 aliphatic rings. The maximum Gasteiger partial charge on any atom is 0.110 e. The quantitative estimate of drug-likeness (QED) is 0.797. The molecule has 0 aromatic carbocycles. The highest BCUT2D eigenvalue weighted by Gasteiger charge is 2.40. The number of hydrogen-bond donors (Lipinski definition) is 1. The van der Waals surface area contributed by atoms with Crippen molar-refractivity contribution in [1.82, 2.24) is 14.9 Å². The van der Waals surface area contributed by atoms with Gasteiger partial charge >= 0.3 is 0 Å². The fourth-order valence-electron chi connectivity index (χ4n) is 3.26. The van der Waals surface area contributed by atoms with Crippen LogP contribution in [-0.2, 0) is 22.4 Å². The molecule has 0 saturated carbocycles. The predicted molar refractivity (Wildman–Crippen MR) is 83.5 cm³/mol. The molecule has 1 aromatic heterocycles. The van der Waals surface area contributed by atoms with E-state index < -0.39 is 0 Å². The summed E-state index contributed by atoms with van der Waals surface area (Å²) in [5, 5.41) is 3.62. The number of ether oxygens (including phenoxy) is 2. The second-order valence-corrected chi connectivity index (χ2v) is 5.73. The molecule has 1 saturated heterocycles. The topological polar surface area (TPSA) is 48.3 Å². The molecular weight excluding hydrogens is 266 g/mol. The minimum atomic E-state index is -0.142. The summed E-state index contributed by atoms with van der Waals surface area (Å²) in [6.07, 6.45) is 7.88. The van der Waals surface area contributed by atoms with Crippen LogP contribution in [0.2, 0.25) is 0 Å². The molecule has 0 amide bonds. The van der Waals surface area contributed by atoms with Crippen LogP contribution in [0, 0.1) is 0 Å². The van der Waals surface area contributed by atoms with E-state index in [0.717, 1.165) is 57.8 Å². The molecule has 0 aliphatic carbocycles. The fraction of sp³-hybridized carbons (Fsp3) is 0.812. The monoisotopic (exact) mass is 295 g/mol. The largest absolute Gasteiger partial charge is 0.381 e. The van der Waals surface area contributed by atoms with Gasteiger partial charge in [-0.25, -0.2) is 4.98 Å². The van der Waals surface area contributed by atoms with Crippen LogP contribution >= 0.6 is 0 Å². The Labute approximate surface area is 128 Å². The predicted octanol–water partition coefficient (Wildman–Crippen LogP) is 2.01. The summed E-state index contributed by atoms with van der Waals surface area (Å²) in [6, 6.07) is 0.273. The minimum absolute atomic E-state index is 0.142. The molecule has 21 heavy (non-hydrogen) atoms. The third kappa shape index (κ3) is 3.84. The zero-order valence-corrected chi connectivity index (χ0v) is 13.6. The van der Waals surface area contributed by atoms with Crippen molar-refractivity contribution in [2.45, 2.75) is 57.7 Å². The lowest BCUT2D eigenvalue weighted by molar-refractivity contribution is -0.110. The van der Waals surface area contributed by atoms with Crippen LogP contribution in [0.25, 0.3) is 0 Å². The standard InChI is InChI=1S/C16H29N3O2/c1-4-9-19-10-8-18-15(19)13-14(17-5-2)16(20-3)6-11-21-12-7-16/h8,10,14,17H,4-7,9,11-13H2,1-3H3. The van der Waals surface area contributed by atoms with E-state index in [1.165, 1.54) is 0 Å². The summed E-state index contributed by atoms with van der Waals surface area (Å²) < 4.78 is 13.7. The van der Waals surface area contributed by atoms with Gasteiger partial charge in [0.1, 0.15) is 5.82 Å². The van der Waals surface area contributed by atoms with Crippen molar-refractivity contribution in [2.24, 2.45) is 0 Å². The van der Waals surface area contributed by atoms with Crippen molar-refractivity contribution >= 4 is 0 Å². The molecule has 120 valence electrons. The first-order valence-electron chi connectivity index (χ1n) is 8.12. The van der Waals surface area contributed by atoms with E-state index in [-0.39, 0.29) is 11.6 Å². The van der Waals surface area contributed by atoms with Gasteiger partial charge in [-0.1, -0.05) is 13.8 Å². The van der Waals surface area contributed by atoms with Crippen molar-refractivity contribution in [3.05, 3.63) is 18.2 Å². The van der Waals surface area contributed by atoms with Gasteiger partial charge in [-0.15, -0.1) is 0 Å². The molecule has 1 aromatic rings. The van der Waals surface area contributed by atoms with Gasteiger partial charge in [0.15, 0.2) is 0 Å². The zero-order chi connectivity index (χ0) is 15.1. The van der Waals surface area contributed by atoms with Gasteiger partial charge in [0, 0.05) is 64.6 Å². The maximum absolute atomic E-state index is 5.96. The van der Waals surface area contributed by atoms with E-state index in [0.29, 0.717) is 0 Å². The maximum atomic E-state index is 5.96. The Balaban J connectivity index is 2.15. The van der Waals surface area contributed by atoms with E-state index in [1.807, 2.05) is 13.3 Å². The van der Waals surface area contributed by atoms with E-state index in [9.17, 15) is 0 Å². The molecule has 1 fully saturated rings. The summed E-state index contributed by atoms with van der Waals surface area (Å²) in [4.78, 5) is 4.55. The van der Waals surface area contributed by atoms with Crippen LogP contribution in [-0.4, -0.2) is 48.1 Å². The number of methoxy groups -OCH3 is 1. The second kappa shape index (κ2) is 7.92. The fourth-order valence-corrected chi connectivity index (χ4v) is 3.26. The van der Waals surface area contributed by atoms with Crippen LogP contribution in [0.5, 0.6) is 0 Å². The normalized spacial score (nSPS) is 19.6. The number of nitrogens with zero attached hydrogens (tertiary/aromatic N) is 2. The Morgan fingerprint density at radius 3 is 2.81 bits per heavy atom. The van der Waals surface area contributed by atoms with Gasteiger partial charge in [-0.3, -0.25) is 0 Å². The number of hydrogen-bond acceptors (Lipinski definition) is 4. The van der Waals surface area contributed by atoms with Gasteiger partial charge in [0.2, 0.25) is 0 Å². The smallest absolute Gasteiger partial charge is 0.110 e. The zero-order valence-electron chi connectivity index (χ0n) is 13.6. The average Bonchev–Trinajstić information content (AvgIpc) is 2.95. The Morgan fingerprint density at radius 2 is 2.19 bits per heavy atom. The highest BCUT2D eigenvalue weighted by Crippen LogP contribution is 2.30. The van der Waals surface area contributed by atoms with Crippen LogP contribution < -0.4 is 5.32 Å². The van der Waals surface area contributed by atoms with Gasteiger partial charge < -0.3 is 19.4 Å². The Morgan fingerprint density at radius 1 is 1.43 bits per heavy atom. The van der Waals surface area contributed by atoms with E-state index in [2.05, 4.69) is 34.9 Å². The molecule has 2 rings (SSSR count). The molecule has 1 unspecified atom stereocenters. The van der Waals surface area contributed by atoms with E-state index in [1.54, 1.807) is 0 Å². The first-order valence-corrected chi connectivity index (χ1v) is 8.12. The van der Waals surface area contributed by atoms with Crippen LogP contribution in [0.1, 0.15) is 38.9 Å². The summed E-state index contributed by atoms with van der Waals surface area (Å²) in [6.45, 7) is 7.86. The summed E-state index contributed by atoms with van der Waals surface area (Å²) in [5.74, 6) is 1.14. The number of aromatic nitrogens is 2. The molecule has 2 heterocycles. The van der Waals surface area contributed by atoms with Crippen LogP contribution in [0.3, 0.4) is 0 Å². The third-order valence-corrected chi connectivity index (χ3v) is 4.48. The molecule has 1 atom stereocenters. The second-order valence-electron chi connectivity index (χ2n) is 5.73. The van der Waals surface area contributed by atoms with Crippen molar-refractivity contribution < 1.29 is 9.47 Å².